The second-order valence-corrected chi connectivity index (χ2v) is 4.54. The first-order valence-corrected chi connectivity index (χ1v) is 6.29. The monoisotopic (exact) mass is 257 g/mol. The Balaban J connectivity index is 2.65. The standard InChI is InChI=1S/C12H16FNO2S/c1-14-8-9-4-3-5-10(13)12(9)17-7-6-11(15)16-2/h3-5,14H,6-8H2,1-2H3. The number of halogens is 1. The van der Waals surface area contributed by atoms with E-state index < -0.39 is 0 Å². The fourth-order valence-electron chi connectivity index (χ4n) is 1.38. The van der Waals surface area contributed by atoms with Gasteiger partial charge in [0.25, 0.3) is 0 Å². The summed E-state index contributed by atoms with van der Waals surface area (Å²) < 4.78 is 18.2. The maximum Gasteiger partial charge on any atom is 0.306 e. The van der Waals surface area contributed by atoms with Gasteiger partial charge in [0, 0.05) is 17.2 Å². The Morgan fingerprint density at radius 2 is 2.29 bits per heavy atom. The van der Waals surface area contributed by atoms with Crippen molar-refractivity contribution in [3.05, 3.63) is 29.6 Å². The lowest BCUT2D eigenvalue weighted by molar-refractivity contribution is -0.140. The molecule has 1 N–H and O–H groups in total. The molecule has 0 fully saturated rings. The highest BCUT2D eigenvalue weighted by molar-refractivity contribution is 7.99. The molecular weight excluding hydrogens is 241 g/mol. The van der Waals surface area contributed by atoms with Crippen LogP contribution in [0, 0.1) is 5.82 Å². The smallest absolute Gasteiger partial charge is 0.306 e. The van der Waals surface area contributed by atoms with E-state index in [1.165, 1.54) is 24.9 Å². The van der Waals surface area contributed by atoms with Gasteiger partial charge in [-0.05, 0) is 18.7 Å². The minimum Gasteiger partial charge on any atom is -0.469 e. The van der Waals surface area contributed by atoms with Gasteiger partial charge in [0.05, 0.1) is 13.5 Å². The Bertz CT molecular complexity index is 385. The summed E-state index contributed by atoms with van der Waals surface area (Å²) in [4.78, 5) is 11.6. The van der Waals surface area contributed by atoms with Gasteiger partial charge in [0.15, 0.2) is 0 Å². The summed E-state index contributed by atoms with van der Waals surface area (Å²) in [7, 11) is 3.16. The first-order chi connectivity index (χ1) is 8.19. The van der Waals surface area contributed by atoms with Gasteiger partial charge in [-0.15, -0.1) is 11.8 Å². The predicted octanol–water partition coefficient (Wildman–Crippen LogP) is 2.20. The summed E-state index contributed by atoms with van der Waals surface area (Å²) in [6.07, 6.45) is 0.286. The highest BCUT2D eigenvalue weighted by Gasteiger charge is 2.09. The van der Waals surface area contributed by atoms with Crippen LogP contribution in [0.15, 0.2) is 23.1 Å². The van der Waals surface area contributed by atoms with E-state index in [4.69, 9.17) is 0 Å². The van der Waals surface area contributed by atoms with Gasteiger partial charge < -0.3 is 10.1 Å². The number of esters is 1. The van der Waals surface area contributed by atoms with Crippen molar-refractivity contribution in [3.8, 4) is 0 Å². The van der Waals surface area contributed by atoms with Crippen LogP contribution < -0.4 is 5.32 Å². The molecule has 0 aliphatic heterocycles. The number of carbonyl (C=O) groups excluding carboxylic acids is 1. The largest absolute Gasteiger partial charge is 0.469 e. The van der Waals surface area contributed by atoms with Crippen LogP contribution in [-0.4, -0.2) is 25.9 Å². The van der Waals surface area contributed by atoms with Crippen molar-refractivity contribution in [2.45, 2.75) is 17.9 Å². The van der Waals surface area contributed by atoms with Crippen LogP contribution in [-0.2, 0) is 16.1 Å². The van der Waals surface area contributed by atoms with Gasteiger partial charge in [-0.2, -0.15) is 0 Å². The van der Waals surface area contributed by atoms with Crippen molar-refractivity contribution >= 4 is 17.7 Å². The molecule has 94 valence electrons. The first-order valence-electron chi connectivity index (χ1n) is 5.30. The Labute approximate surface area is 105 Å². The normalized spacial score (nSPS) is 10.3. The Hall–Kier alpha value is -1.07. The number of methoxy groups -OCH3 is 1. The molecule has 0 saturated carbocycles. The van der Waals surface area contributed by atoms with E-state index in [1.54, 1.807) is 6.07 Å². The number of nitrogens with one attached hydrogen (secondary N) is 1. The molecule has 1 aromatic carbocycles. The molecule has 0 amide bonds. The lowest BCUT2D eigenvalue weighted by atomic mass is 10.2. The summed E-state index contributed by atoms with van der Waals surface area (Å²) in [5, 5.41) is 2.99. The molecule has 1 rings (SSSR count). The number of carbonyl (C=O) groups is 1. The first kappa shape index (κ1) is 14.0. The SMILES string of the molecule is CNCc1cccc(F)c1SCCC(=O)OC. The van der Waals surface area contributed by atoms with Crippen molar-refractivity contribution in [2.75, 3.05) is 19.9 Å². The van der Waals surface area contributed by atoms with E-state index >= 15 is 0 Å². The van der Waals surface area contributed by atoms with Crippen LogP contribution in [0.25, 0.3) is 0 Å². The Kier molecular flexibility index (Phi) is 6.00. The topological polar surface area (TPSA) is 38.3 Å². The number of hydrogen-bond donors (Lipinski definition) is 1. The van der Waals surface area contributed by atoms with Gasteiger partial charge in [0.2, 0.25) is 0 Å². The molecule has 0 aliphatic rings. The van der Waals surface area contributed by atoms with Crippen molar-refractivity contribution in [1.82, 2.24) is 5.32 Å². The zero-order valence-corrected chi connectivity index (χ0v) is 10.8. The van der Waals surface area contributed by atoms with E-state index in [9.17, 15) is 9.18 Å². The van der Waals surface area contributed by atoms with E-state index in [0.29, 0.717) is 17.2 Å². The third-order valence-electron chi connectivity index (χ3n) is 2.20. The molecule has 0 spiro atoms. The molecule has 17 heavy (non-hydrogen) atoms. The molecule has 0 aliphatic carbocycles. The lowest BCUT2D eigenvalue weighted by Crippen LogP contribution is -2.07. The van der Waals surface area contributed by atoms with Crippen LogP contribution in [0.4, 0.5) is 4.39 Å². The summed E-state index contributed by atoms with van der Waals surface area (Å²) in [5.41, 5.74) is 0.905. The second kappa shape index (κ2) is 7.29. The number of benzene rings is 1. The van der Waals surface area contributed by atoms with E-state index in [-0.39, 0.29) is 18.2 Å². The van der Waals surface area contributed by atoms with Gasteiger partial charge in [-0.3, -0.25) is 4.79 Å². The quantitative estimate of drug-likeness (QED) is 0.626. The maximum atomic E-state index is 13.6. The number of rotatable bonds is 6. The molecule has 1 aromatic rings. The van der Waals surface area contributed by atoms with Crippen LogP contribution in [0.2, 0.25) is 0 Å². The predicted molar refractivity (Wildman–Crippen MR) is 66.5 cm³/mol. The second-order valence-electron chi connectivity index (χ2n) is 3.43. The number of thioether (sulfide) groups is 1. The molecule has 3 nitrogen and oxygen atoms in total. The average molecular weight is 257 g/mol. The van der Waals surface area contributed by atoms with Crippen LogP contribution >= 0.6 is 11.8 Å². The molecule has 0 bridgehead atoms. The highest BCUT2D eigenvalue weighted by Crippen LogP contribution is 2.26. The fourth-order valence-corrected chi connectivity index (χ4v) is 2.39. The third kappa shape index (κ3) is 4.36. The molecule has 5 heteroatoms. The minimum absolute atomic E-state index is 0.243. The maximum absolute atomic E-state index is 13.6. The van der Waals surface area contributed by atoms with Gasteiger partial charge in [0.1, 0.15) is 5.82 Å². The van der Waals surface area contributed by atoms with Crippen molar-refractivity contribution in [3.63, 3.8) is 0 Å². The summed E-state index contributed by atoms with van der Waals surface area (Å²) >= 11 is 1.34. The molecule has 0 aromatic heterocycles. The van der Waals surface area contributed by atoms with E-state index in [0.717, 1.165) is 5.56 Å². The Morgan fingerprint density at radius 3 is 2.94 bits per heavy atom. The number of hydrogen-bond acceptors (Lipinski definition) is 4. The zero-order chi connectivity index (χ0) is 12.7. The van der Waals surface area contributed by atoms with Gasteiger partial charge in [-0.1, -0.05) is 12.1 Å². The minimum atomic E-state index is -0.274. The molecule has 0 saturated heterocycles. The number of ether oxygens (including phenoxy) is 1. The molecule has 0 heterocycles. The Morgan fingerprint density at radius 1 is 1.53 bits per heavy atom. The summed E-state index contributed by atoms with van der Waals surface area (Å²) in [6, 6.07) is 4.99. The molecular formula is C12H16FNO2S. The van der Waals surface area contributed by atoms with Gasteiger partial charge >= 0.3 is 5.97 Å². The van der Waals surface area contributed by atoms with Crippen LogP contribution in [0.5, 0.6) is 0 Å². The summed E-state index contributed by atoms with van der Waals surface area (Å²) in [6.45, 7) is 0.609. The summed E-state index contributed by atoms with van der Waals surface area (Å²) in [5.74, 6) is 0.00116. The molecule has 0 radical (unpaired) electrons. The van der Waals surface area contributed by atoms with E-state index in [2.05, 4.69) is 10.1 Å². The third-order valence-corrected chi connectivity index (χ3v) is 3.35. The fraction of sp³-hybridized carbons (Fsp3) is 0.417. The van der Waals surface area contributed by atoms with Crippen LogP contribution in [0.3, 0.4) is 0 Å². The molecule has 0 unspecified atom stereocenters. The highest BCUT2D eigenvalue weighted by atomic mass is 32.2. The van der Waals surface area contributed by atoms with Crippen molar-refractivity contribution < 1.29 is 13.9 Å². The van der Waals surface area contributed by atoms with E-state index in [1.807, 2.05) is 13.1 Å². The average Bonchev–Trinajstić information content (AvgIpc) is 2.32. The lowest BCUT2D eigenvalue weighted by Gasteiger charge is -2.09. The van der Waals surface area contributed by atoms with Crippen LogP contribution in [0.1, 0.15) is 12.0 Å². The molecule has 0 atom stereocenters. The van der Waals surface area contributed by atoms with Crippen molar-refractivity contribution in [2.24, 2.45) is 0 Å². The van der Waals surface area contributed by atoms with Gasteiger partial charge in [-0.25, -0.2) is 4.39 Å². The van der Waals surface area contributed by atoms with Crippen molar-refractivity contribution in [1.29, 1.82) is 0 Å². The zero-order valence-electron chi connectivity index (χ0n) is 9.96.